The van der Waals surface area contributed by atoms with Gasteiger partial charge in [-0.1, -0.05) is 23.1 Å². The van der Waals surface area contributed by atoms with E-state index in [-0.39, 0.29) is 0 Å². The Balaban J connectivity index is 1.88. The summed E-state index contributed by atoms with van der Waals surface area (Å²) in [7, 11) is 0. The Kier molecular flexibility index (Phi) is 3.52. The number of aromatic nitrogens is 2. The molecule has 6 heteroatoms. The monoisotopic (exact) mass is 290 g/mol. The van der Waals surface area contributed by atoms with Gasteiger partial charge in [0.25, 0.3) is 0 Å². The van der Waals surface area contributed by atoms with E-state index in [0.29, 0.717) is 0 Å². The minimum Gasteiger partial charge on any atom is -0.311 e. The van der Waals surface area contributed by atoms with Crippen molar-refractivity contribution >= 4 is 33.4 Å². The molecular formula is C13H14N4S2. The maximum absolute atomic E-state index is 4.55. The Hall–Kier alpha value is -1.40. The molecule has 1 aliphatic rings. The fourth-order valence-corrected chi connectivity index (χ4v) is 3.58. The van der Waals surface area contributed by atoms with Crippen LogP contribution in [0.5, 0.6) is 0 Å². The van der Waals surface area contributed by atoms with Gasteiger partial charge in [0.05, 0.1) is 22.8 Å². The number of anilines is 1. The quantitative estimate of drug-likeness (QED) is 0.921. The van der Waals surface area contributed by atoms with Crippen molar-refractivity contribution in [3.05, 3.63) is 29.6 Å². The van der Waals surface area contributed by atoms with Gasteiger partial charge in [0.2, 0.25) is 0 Å². The van der Waals surface area contributed by atoms with Crippen molar-refractivity contribution in [2.45, 2.75) is 13.8 Å². The van der Waals surface area contributed by atoms with E-state index >= 15 is 0 Å². The lowest BCUT2D eigenvalue weighted by Gasteiger charge is -1.99. The highest BCUT2D eigenvalue weighted by Crippen LogP contribution is 2.32. The number of nitrogens with zero attached hydrogens (tertiary/aromatic N) is 3. The van der Waals surface area contributed by atoms with Crippen molar-refractivity contribution in [3.8, 4) is 10.6 Å². The molecule has 0 saturated carbocycles. The van der Waals surface area contributed by atoms with Crippen LogP contribution in [-0.4, -0.2) is 27.4 Å². The number of amidine groups is 1. The Labute approximate surface area is 120 Å². The zero-order valence-electron chi connectivity index (χ0n) is 10.8. The van der Waals surface area contributed by atoms with Crippen molar-refractivity contribution in [1.29, 1.82) is 0 Å². The van der Waals surface area contributed by atoms with Crippen molar-refractivity contribution in [1.82, 2.24) is 9.97 Å². The Morgan fingerprint density at radius 1 is 1.32 bits per heavy atom. The third kappa shape index (κ3) is 2.79. The maximum Gasteiger partial charge on any atom is 0.189 e. The zero-order chi connectivity index (χ0) is 13.2. The van der Waals surface area contributed by atoms with Gasteiger partial charge >= 0.3 is 0 Å². The number of pyridine rings is 1. The fourth-order valence-electron chi connectivity index (χ4n) is 1.85. The summed E-state index contributed by atoms with van der Waals surface area (Å²) in [5.74, 6) is 1.05. The number of thioether (sulfide) groups is 1. The van der Waals surface area contributed by atoms with Gasteiger partial charge in [0.15, 0.2) is 10.3 Å². The van der Waals surface area contributed by atoms with Crippen molar-refractivity contribution < 1.29 is 0 Å². The maximum atomic E-state index is 4.55. The molecular weight excluding hydrogens is 276 g/mol. The van der Waals surface area contributed by atoms with Gasteiger partial charge in [-0.3, -0.25) is 9.98 Å². The van der Waals surface area contributed by atoms with Gasteiger partial charge in [-0.05, 0) is 31.5 Å². The largest absolute Gasteiger partial charge is 0.311 e. The molecule has 0 saturated heterocycles. The van der Waals surface area contributed by atoms with Crippen molar-refractivity contribution in [2.24, 2.45) is 4.99 Å². The molecule has 2 aromatic heterocycles. The molecule has 0 fully saturated rings. The number of hydrogen-bond acceptors (Lipinski definition) is 6. The second-order valence-electron chi connectivity index (χ2n) is 4.31. The summed E-state index contributed by atoms with van der Waals surface area (Å²) in [6, 6.07) is 4.09. The molecule has 0 unspecified atom stereocenters. The summed E-state index contributed by atoms with van der Waals surface area (Å²) < 4.78 is 0. The van der Waals surface area contributed by atoms with E-state index in [0.717, 1.165) is 38.9 Å². The summed E-state index contributed by atoms with van der Waals surface area (Å²) in [4.78, 5) is 14.5. The summed E-state index contributed by atoms with van der Waals surface area (Å²) >= 11 is 3.37. The number of aryl methyl sites for hydroxylation is 2. The molecule has 98 valence electrons. The lowest BCUT2D eigenvalue weighted by atomic mass is 10.2. The minimum atomic E-state index is 0.893. The molecule has 1 N–H and O–H groups in total. The second kappa shape index (κ2) is 5.30. The van der Waals surface area contributed by atoms with Crippen LogP contribution in [0.2, 0.25) is 0 Å². The molecule has 0 aliphatic carbocycles. The number of nitrogens with one attached hydrogen (secondary N) is 1. The molecule has 3 heterocycles. The lowest BCUT2D eigenvalue weighted by Crippen LogP contribution is -2.04. The smallest absolute Gasteiger partial charge is 0.189 e. The number of thiazole rings is 1. The van der Waals surface area contributed by atoms with Gasteiger partial charge < -0.3 is 5.32 Å². The average molecular weight is 290 g/mol. The van der Waals surface area contributed by atoms with Gasteiger partial charge in [-0.25, -0.2) is 4.98 Å². The van der Waals surface area contributed by atoms with Crippen LogP contribution in [0.3, 0.4) is 0 Å². The van der Waals surface area contributed by atoms with Crippen molar-refractivity contribution in [3.63, 3.8) is 0 Å². The Bertz CT molecular complexity index is 633. The van der Waals surface area contributed by atoms with E-state index < -0.39 is 0 Å². The van der Waals surface area contributed by atoms with E-state index in [1.165, 1.54) is 5.56 Å². The number of hydrogen-bond donors (Lipinski definition) is 1. The van der Waals surface area contributed by atoms with E-state index in [1.54, 1.807) is 23.1 Å². The first kappa shape index (κ1) is 12.6. The predicted molar refractivity (Wildman–Crippen MR) is 83.2 cm³/mol. The second-order valence-corrected chi connectivity index (χ2v) is 6.40. The Morgan fingerprint density at radius 3 is 2.95 bits per heavy atom. The number of rotatable bonds is 2. The third-order valence-electron chi connectivity index (χ3n) is 2.74. The molecule has 0 spiro atoms. The zero-order valence-corrected chi connectivity index (χ0v) is 12.4. The summed E-state index contributed by atoms with van der Waals surface area (Å²) in [6.07, 6.45) is 1.84. The first-order valence-electron chi connectivity index (χ1n) is 6.07. The molecule has 4 nitrogen and oxygen atoms in total. The van der Waals surface area contributed by atoms with Gasteiger partial charge in [-0.15, -0.1) is 0 Å². The molecule has 3 rings (SSSR count). The highest BCUT2D eigenvalue weighted by Gasteiger charge is 2.14. The summed E-state index contributed by atoms with van der Waals surface area (Å²) in [5, 5.41) is 5.14. The topological polar surface area (TPSA) is 50.2 Å². The first-order valence-corrected chi connectivity index (χ1v) is 7.87. The van der Waals surface area contributed by atoms with Crippen molar-refractivity contribution in [2.75, 3.05) is 17.6 Å². The third-order valence-corrected chi connectivity index (χ3v) is 4.73. The predicted octanol–water partition coefficient (Wildman–Crippen LogP) is 3.34. The molecule has 0 atom stereocenters. The molecule has 2 aromatic rings. The van der Waals surface area contributed by atoms with Gasteiger partial charge in [0.1, 0.15) is 0 Å². The van der Waals surface area contributed by atoms with Crippen LogP contribution in [-0.2, 0) is 0 Å². The van der Waals surface area contributed by atoms with E-state index in [1.807, 2.05) is 19.2 Å². The molecule has 1 aliphatic heterocycles. The number of aliphatic imine (C=N–C) groups is 1. The molecule has 0 radical (unpaired) electrons. The SMILES string of the molecule is Cc1ccnc(-c2sc(NC3=NCCS3)nc2C)c1. The Morgan fingerprint density at radius 2 is 2.21 bits per heavy atom. The van der Waals surface area contributed by atoms with Gasteiger partial charge in [-0.2, -0.15) is 0 Å². The molecule has 19 heavy (non-hydrogen) atoms. The van der Waals surface area contributed by atoms with E-state index in [4.69, 9.17) is 0 Å². The highest BCUT2D eigenvalue weighted by atomic mass is 32.2. The standard InChI is InChI=1S/C13H14N4S2/c1-8-3-4-14-10(7-8)11-9(2)16-13(19-11)17-12-15-5-6-18-12/h3-4,7H,5-6H2,1-2H3,(H,15,16,17). The normalized spacial score (nSPS) is 14.5. The fraction of sp³-hybridized carbons (Fsp3) is 0.308. The summed E-state index contributed by atoms with van der Waals surface area (Å²) in [5.41, 5.74) is 3.21. The van der Waals surface area contributed by atoms with Crippen LogP contribution in [0.25, 0.3) is 10.6 Å². The van der Waals surface area contributed by atoms with E-state index in [2.05, 4.69) is 33.3 Å². The van der Waals surface area contributed by atoms with Gasteiger partial charge in [0, 0.05) is 11.9 Å². The van der Waals surface area contributed by atoms with Crippen LogP contribution >= 0.6 is 23.1 Å². The molecule has 0 amide bonds. The van der Waals surface area contributed by atoms with Crippen LogP contribution < -0.4 is 5.32 Å². The molecule has 0 aromatic carbocycles. The van der Waals surface area contributed by atoms with Crippen LogP contribution in [0, 0.1) is 13.8 Å². The lowest BCUT2D eigenvalue weighted by molar-refractivity contribution is 1.17. The average Bonchev–Trinajstić information content (AvgIpc) is 3.00. The van der Waals surface area contributed by atoms with Crippen LogP contribution in [0.15, 0.2) is 23.3 Å². The molecule has 0 bridgehead atoms. The van der Waals surface area contributed by atoms with Crippen LogP contribution in [0.4, 0.5) is 5.13 Å². The van der Waals surface area contributed by atoms with Crippen LogP contribution in [0.1, 0.15) is 11.3 Å². The summed E-state index contributed by atoms with van der Waals surface area (Å²) in [6.45, 7) is 4.99. The van der Waals surface area contributed by atoms with E-state index in [9.17, 15) is 0 Å². The minimum absolute atomic E-state index is 0.893. The highest BCUT2D eigenvalue weighted by molar-refractivity contribution is 8.14. The first-order chi connectivity index (χ1) is 9.22.